The van der Waals surface area contributed by atoms with Crippen LogP contribution in [0.4, 0.5) is 0 Å². The lowest BCUT2D eigenvalue weighted by atomic mass is 9.71. The van der Waals surface area contributed by atoms with Gasteiger partial charge in [-0.1, -0.05) is 32.4 Å². The summed E-state index contributed by atoms with van der Waals surface area (Å²) in [5.74, 6) is 0.654. The second kappa shape index (κ2) is 3.38. The first-order chi connectivity index (χ1) is 7.96. The molecule has 2 aromatic rings. The van der Waals surface area contributed by atoms with Crippen molar-refractivity contribution in [3.05, 3.63) is 35.0 Å². The number of aryl methyl sites for hydroxylation is 1. The Labute approximate surface area is 103 Å². The fourth-order valence-electron chi connectivity index (χ4n) is 3.48. The van der Waals surface area contributed by atoms with Crippen molar-refractivity contribution in [1.29, 1.82) is 0 Å². The first kappa shape index (κ1) is 10.9. The van der Waals surface area contributed by atoms with Crippen molar-refractivity contribution in [3.8, 4) is 0 Å². The highest BCUT2D eigenvalue weighted by molar-refractivity contribution is 5.86. The molecule has 1 N–H and O–H groups in total. The summed E-state index contributed by atoms with van der Waals surface area (Å²) < 4.78 is 0. The minimum Gasteiger partial charge on any atom is -0.358 e. The number of fused-ring (bicyclic) bond motifs is 3. The maximum atomic E-state index is 3.63. The first-order valence-electron chi connectivity index (χ1n) is 6.57. The average Bonchev–Trinajstić information content (AvgIpc) is 2.55. The average molecular weight is 227 g/mol. The zero-order chi connectivity index (χ0) is 12.2. The summed E-state index contributed by atoms with van der Waals surface area (Å²) in [7, 11) is 0. The molecule has 1 aromatic carbocycles. The molecule has 17 heavy (non-hydrogen) atoms. The van der Waals surface area contributed by atoms with E-state index in [1.54, 1.807) is 5.56 Å². The molecule has 0 bridgehead atoms. The van der Waals surface area contributed by atoms with Crippen LogP contribution in [-0.4, -0.2) is 4.98 Å². The fourth-order valence-corrected chi connectivity index (χ4v) is 3.48. The molecule has 0 saturated heterocycles. The fraction of sp³-hybridized carbons (Fsp3) is 0.500. The molecule has 1 heterocycles. The number of H-pyrrole nitrogens is 1. The number of hydrogen-bond acceptors (Lipinski definition) is 0. The number of hydrogen-bond donors (Lipinski definition) is 1. The second-order valence-electron chi connectivity index (χ2n) is 6.51. The van der Waals surface area contributed by atoms with Crippen LogP contribution in [0.2, 0.25) is 0 Å². The Morgan fingerprint density at radius 3 is 2.82 bits per heavy atom. The van der Waals surface area contributed by atoms with Crippen molar-refractivity contribution in [2.24, 2.45) is 5.41 Å². The van der Waals surface area contributed by atoms with Crippen molar-refractivity contribution in [2.45, 2.75) is 46.5 Å². The van der Waals surface area contributed by atoms with Crippen molar-refractivity contribution in [2.75, 3.05) is 0 Å². The van der Waals surface area contributed by atoms with E-state index in [1.807, 2.05) is 0 Å². The lowest BCUT2D eigenvalue weighted by molar-refractivity contribution is 0.287. The van der Waals surface area contributed by atoms with E-state index in [2.05, 4.69) is 50.9 Å². The minimum absolute atomic E-state index is 0.436. The zero-order valence-electron chi connectivity index (χ0n) is 11.2. The van der Waals surface area contributed by atoms with Crippen molar-refractivity contribution in [1.82, 2.24) is 4.98 Å². The molecule has 1 aliphatic carbocycles. The molecular weight excluding hydrogens is 206 g/mol. The standard InChI is InChI=1S/C16H21N/c1-10-5-6-14-12(7-10)13-9-16(3,4)8-11(2)15(13)17-14/h5-7,11,17H,8-9H2,1-4H3. The number of rotatable bonds is 0. The van der Waals surface area contributed by atoms with E-state index in [0.29, 0.717) is 11.3 Å². The van der Waals surface area contributed by atoms with Gasteiger partial charge in [0.05, 0.1) is 0 Å². The van der Waals surface area contributed by atoms with Crippen molar-refractivity contribution >= 4 is 10.9 Å². The quantitative estimate of drug-likeness (QED) is 0.679. The van der Waals surface area contributed by atoms with Crippen LogP contribution in [0.1, 0.15) is 49.9 Å². The molecule has 3 rings (SSSR count). The Balaban J connectivity index is 2.26. The minimum atomic E-state index is 0.436. The van der Waals surface area contributed by atoms with Gasteiger partial charge in [-0.25, -0.2) is 0 Å². The van der Waals surface area contributed by atoms with Gasteiger partial charge in [-0.2, -0.15) is 0 Å². The highest BCUT2D eigenvalue weighted by Gasteiger charge is 2.32. The van der Waals surface area contributed by atoms with Crippen LogP contribution in [-0.2, 0) is 6.42 Å². The molecule has 0 saturated carbocycles. The maximum Gasteiger partial charge on any atom is 0.0459 e. The van der Waals surface area contributed by atoms with Crippen molar-refractivity contribution in [3.63, 3.8) is 0 Å². The molecule has 1 aliphatic rings. The second-order valence-corrected chi connectivity index (χ2v) is 6.51. The Morgan fingerprint density at radius 2 is 2.06 bits per heavy atom. The van der Waals surface area contributed by atoms with E-state index in [9.17, 15) is 0 Å². The molecule has 0 spiro atoms. The number of aromatic amines is 1. The summed E-state index contributed by atoms with van der Waals surface area (Å²) in [5, 5.41) is 1.44. The highest BCUT2D eigenvalue weighted by atomic mass is 14.7. The van der Waals surface area contributed by atoms with Gasteiger partial charge in [0.15, 0.2) is 0 Å². The largest absolute Gasteiger partial charge is 0.358 e. The van der Waals surface area contributed by atoms with E-state index in [0.717, 1.165) is 0 Å². The highest BCUT2D eigenvalue weighted by Crippen LogP contribution is 2.44. The monoisotopic (exact) mass is 227 g/mol. The molecule has 1 aromatic heterocycles. The lowest BCUT2D eigenvalue weighted by Crippen LogP contribution is -2.24. The van der Waals surface area contributed by atoms with E-state index in [1.165, 1.54) is 35.0 Å². The summed E-state index contributed by atoms with van der Waals surface area (Å²) in [6.07, 6.45) is 2.49. The maximum absolute atomic E-state index is 3.63. The Morgan fingerprint density at radius 1 is 1.29 bits per heavy atom. The summed E-state index contributed by atoms with van der Waals surface area (Å²) in [6, 6.07) is 6.75. The topological polar surface area (TPSA) is 15.8 Å². The van der Waals surface area contributed by atoms with Crippen molar-refractivity contribution < 1.29 is 0 Å². The van der Waals surface area contributed by atoms with Gasteiger partial charge in [0.2, 0.25) is 0 Å². The van der Waals surface area contributed by atoms with Crippen LogP contribution in [0.15, 0.2) is 18.2 Å². The smallest absolute Gasteiger partial charge is 0.0459 e. The molecule has 1 nitrogen and oxygen atoms in total. The molecule has 1 atom stereocenters. The zero-order valence-corrected chi connectivity index (χ0v) is 11.2. The van der Waals surface area contributed by atoms with Crippen LogP contribution in [0, 0.1) is 12.3 Å². The summed E-state index contributed by atoms with van der Waals surface area (Å²) >= 11 is 0. The van der Waals surface area contributed by atoms with Gasteiger partial charge in [-0.3, -0.25) is 0 Å². The number of benzene rings is 1. The molecular formula is C16H21N. The summed E-state index contributed by atoms with van der Waals surface area (Å²) in [6.45, 7) is 9.31. The summed E-state index contributed by atoms with van der Waals surface area (Å²) in [5.41, 5.74) is 6.14. The predicted octanol–water partition coefficient (Wildman–Crippen LogP) is 4.55. The SMILES string of the molecule is Cc1ccc2[nH]c3c(c2c1)CC(C)(C)CC3C. The predicted molar refractivity (Wildman–Crippen MR) is 73.6 cm³/mol. The summed E-state index contributed by atoms with van der Waals surface area (Å²) in [4.78, 5) is 3.63. The molecule has 0 amide bonds. The third-order valence-corrected chi connectivity index (χ3v) is 4.10. The van der Waals surface area contributed by atoms with Crippen LogP contribution in [0.5, 0.6) is 0 Å². The van der Waals surface area contributed by atoms with E-state index in [-0.39, 0.29) is 0 Å². The normalized spacial score (nSPS) is 22.7. The number of nitrogens with one attached hydrogen (secondary N) is 1. The van der Waals surface area contributed by atoms with E-state index < -0.39 is 0 Å². The molecule has 0 aliphatic heterocycles. The first-order valence-corrected chi connectivity index (χ1v) is 6.57. The van der Waals surface area contributed by atoms with E-state index >= 15 is 0 Å². The van der Waals surface area contributed by atoms with Crippen LogP contribution in [0.25, 0.3) is 10.9 Å². The van der Waals surface area contributed by atoms with Gasteiger partial charge in [-0.15, -0.1) is 0 Å². The third-order valence-electron chi connectivity index (χ3n) is 4.10. The van der Waals surface area contributed by atoms with Crippen LogP contribution >= 0.6 is 0 Å². The van der Waals surface area contributed by atoms with Gasteiger partial charge in [0.1, 0.15) is 0 Å². The molecule has 1 heteroatoms. The lowest BCUT2D eigenvalue weighted by Gasteiger charge is -2.33. The Kier molecular flexibility index (Phi) is 2.16. The van der Waals surface area contributed by atoms with Crippen LogP contribution < -0.4 is 0 Å². The molecule has 0 radical (unpaired) electrons. The van der Waals surface area contributed by atoms with Gasteiger partial charge < -0.3 is 4.98 Å². The molecule has 1 unspecified atom stereocenters. The third kappa shape index (κ3) is 1.69. The van der Waals surface area contributed by atoms with Gasteiger partial charge in [-0.05, 0) is 48.8 Å². The number of aromatic nitrogens is 1. The molecule has 90 valence electrons. The Hall–Kier alpha value is -1.24. The van der Waals surface area contributed by atoms with Gasteiger partial charge >= 0.3 is 0 Å². The van der Waals surface area contributed by atoms with E-state index in [4.69, 9.17) is 0 Å². The van der Waals surface area contributed by atoms with Crippen LogP contribution in [0.3, 0.4) is 0 Å². The van der Waals surface area contributed by atoms with Gasteiger partial charge in [0, 0.05) is 16.6 Å². The molecule has 0 fully saturated rings. The van der Waals surface area contributed by atoms with Gasteiger partial charge in [0.25, 0.3) is 0 Å². The Bertz CT molecular complexity index is 574.